The van der Waals surface area contributed by atoms with Crippen LogP contribution in [0.5, 0.6) is 5.75 Å². The Bertz CT molecular complexity index is 1460. The highest BCUT2D eigenvalue weighted by Gasteiger charge is 2.67. The Kier molecular flexibility index (Phi) is 10.4. The van der Waals surface area contributed by atoms with Crippen LogP contribution < -0.4 is 21.0 Å². The fraction of sp³-hybridized carbons (Fsp3) is 0.519. The van der Waals surface area contributed by atoms with E-state index in [0.717, 1.165) is 13.1 Å². The number of aliphatic hydroxyl groups is 1. The van der Waals surface area contributed by atoms with Gasteiger partial charge in [-0.2, -0.15) is 15.3 Å². The Labute approximate surface area is 248 Å². The first-order chi connectivity index (χ1) is 20.0. The summed E-state index contributed by atoms with van der Waals surface area (Å²) in [5.74, 6) is -2.18. The molecular formula is C27H36N5O10P. The summed E-state index contributed by atoms with van der Waals surface area (Å²) in [4.78, 5) is 41.5. The average molecular weight is 622 g/mol. The quantitative estimate of drug-likeness (QED) is 0.228. The van der Waals surface area contributed by atoms with Crippen LogP contribution in [-0.4, -0.2) is 63.2 Å². The van der Waals surface area contributed by atoms with E-state index >= 15 is 0 Å². The zero-order valence-electron chi connectivity index (χ0n) is 24.6. The van der Waals surface area contributed by atoms with Gasteiger partial charge in [0, 0.05) is 6.20 Å². The second-order valence-electron chi connectivity index (χ2n) is 10.6. The number of nitriles is 1. The Morgan fingerprint density at radius 2 is 1.86 bits per heavy atom. The zero-order chi connectivity index (χ0) is 32.2. The molecule has 15 nitrogen and oxygen atoms in total. The van der Waals surface area contributed by atoms with Gasteiger partial charge in [0.2, 0.25) is 0 Å². The van der Waals surface area contributed by atoms with Crippen LogP contribution in [-0.2, 0) is 38.6 Å². The molecule has 0 bridgehead atoms. The third-order valence-electron chi connectivity index (χ3n) is 6.36. The molecule has 1 saturated heterocycles. The van der Waals surface area contributed by atoms with Crippen molar-refractivity contribution in [2.45, 2.75) is 77.2 Å². The molecule has 1 aliphatic rings. The molecule has 3 rings (SSSR count). The number of nitrogens with two attached hydrogens (primary N) is 1. The third-order valence-corrected chi connectivity index (χ3v) is 8.01. The number of benzene rings is 1. The molecule has 0 unspecified atom stereocenters. The van der Waals surface area contributed by atoms with E-state index in [4.69, 9.17) is 29.0 Å². The highest BCUT2D eigenvalue weighted by Crippen LogP contribution is 2.49. The monoisotopic (exact) mass is 621 g/mol. The Hall–Kier alpha value is -3.80. The first kappa shape index (κ1) is 33.7. The number of aromatic nitrogens is 2. The molecule has 2 aromatic rings. The lowest BCUT2D eigenvalue weighted by Crippen LogP contribution is -2.58. The summed E-state index contributed by atoms with van der Waals surface area (Å²) in [7, 11) is -4.44. The highest BCUT2D eigenvalue weighted by molar-refractivity contribution is 7.52. The van der Waals surface area contributed by atoms with Gasteiger partial charge in [-0.15, -0.1) is 0 Å². The second kappa shape index (κ2) is 13.2. The number of nitrogens with zero attached hydrogens (tertiary/aromatic N) is 3. The fourth-order valence-electron chi connectivity index (χ4n) is 4.18. The minimum Gasteiger partial charge on any atom is -0.462 e. The molecular weight excluding hydrogens is 585 g/mol. The van der Waals surface area contributed by atoms with Gasteiger partial charge in [-0.1, -0.05) is 32.0 Å². The molecule has 0 saturated carbocycles. The van der Waals surface area contributed by atoms with Gasteiger partial charge in [0.25, 0.3) is 5.72 Å². The summed E-state index contributed by atoms with van der Waals surface area (Å²) < 4.78 is 42.7. The zero-order valence-corrected chi connectivity index (χ0v) is 25.5. The molecule has 0 amide bonds. The first-order valence-electron chi connectivity index (χ1n) is 13.4. The number of para-hydroxylation sites is 1. The smallest absolute Gasteiger partial charge is 0.459 e. The predicted molar refractivity (Wildman–Crippen MR) is 151 cm³/mol. The largest absolute Gasteiger partial charge is 0.462 e. The van der Waals surface area contributed by atoms with Crippen LogP contribution in [0.2, 0.25) is 0 Å². The standard InChI is InChI=1S/C27H36N5O10P/c1-16(2)23(33)40-22-20(41-27(15-28,26(22,6)36)32-13-12-21(29)30-25(32)35)14-38-43(37,42-19-10-8-7-9-11-19)31-18(5)24(34)39-17(3)4/h7-13,16-18,20,22,36H,14H2,1-6H3,(H,31,37)(H2,29,30,35)/t18-,20+,22+,26+,27+,43-/m0/s1. The molecule has 4 N–H and O–H groups in total. The van der Waals surface area contributed by atoms with Gasteiger partial charge in [-0.25, -0.2) is 9.36 Å². The van der Waals surface area contributed by atoms with E-state index in [0.29, 0.717) is 4.57 Å². The van der Waals surface area contributed by atoms with Crippen molar-refractivity contribution in [1.29, 1.82) is 5.26 Å². The number of hydrogen-bond donors (Lipinski definition) is 3. The van der Waals surface area contributed by atoms with E-state index in [1.165, 1.54) is 25.1 Å². The second-order valence-corrected chi connectivity index (χ2v) is 12.3. The van der Waals surface area contributed by atoms with E-state index in [1.54, 1.807) is 52.0 Å². The van der Waals surface area contributed by atoms with Crippen LogP contribution in [0.3, 0.4) is 0 Å². The van der Waals surface area contributed by atoms with Crippen LogP contribution in [0.15, 0.2) is 47.4 Å². The van der Waals surface area contributed by atoms with Gasteiger partial charge >= 0.3 is 25.4 Å². The van der Waals surface area contributed by atoms with Gasteiger partial charge in [0.05, 0.1) is 18.6 Å². The van der Waals surface area contributed by atoms with Crippen molar-refractivity contribution < 1.29 is 42.5 Å². The molecule has 234 valence electrons. The van der Waals surface area contributed by atoms with Gasteiger partial charge in [0.15, 0.2) is 11.7 Å². The van der Waals surface area contributed by atoms with Crippen LogP contribution in [0.25, 0.3) is 0 Å². The van der Waals surface area contributed by atoms with E-state index in [2.05, 4.69) is 10.1 Å². The predicted octanol–water partition coefficient (Wildman–Crippen LogP) is 1.85. The van der Waals surface area contributed by atoms with E-state index < -0.39 is 73.6 Å². The van der Waals surface area contributed by atoms with Crippen molar-refractivity contribution in [1.82, 2.24) is 14.6 Å². The molecule has 43 heavy (non-hydrogen) atoms. The van der Waals surface area contributed by atoms with Crippen molar-refractivity contribution in [2.24, 2.45) is 5.92 Å². The van der Waals surface area contributed by atoms with Crippen molar-refractivity contribution >= 4 is 25.5 Å². The number of nitrogens with one attached hydrogen (secondary N) is 1. The average Bonchev–Trinajstić information content (AvgIpc) is 3.13. The van der Waals surface area contributed by atoms with Gasteiger partial charge < -0.3 is 29.6 Å². The Morgan fingerprint density at radius 1 is 1.21 bits per heavy atom. The highest BCUT2D eigenvalue weighted by atomic mass is 31.2. The topological polar surface area (TPSA) is 214 Å². The summed E-state index contributed by atoms with van der Waals surface area (Å²) in [6.07, 6.45) is -2.47. The molecule has 0 aliphatic carbocycles. The van der Waals surface area contributed by atoms with Gasteiger partial charge in [-0.05, 0) is 45.9 Å². The lowest BCUT2D eigenvalue weighted by Gasteiger charge is -2.35. The van der Waals surface area contributed by atoms with Crippen molar-refractivity contribution in [3.05, 3.63) is 53.1 Å². The number of esters is 2. The maximum atomic E-state index is 14.0. The maximum Gasteiger partial charge on any atom is 0.459 e. The molecule has 2 heterocycles. The molecule has 0 radical (unpaired) electrons. The molecule has 6 atom stereocenters. The number of rotatable bonds is 12. The van der Waals surface area contributed by atoms with Gasteiger partial charge in [0.1, 0.15) is 29.8 Å². The third kappa shape index (κ3) is 7.41. The summed E-state index contributed by atoms with van der Waals surface area (Å²) in [6, 6.07) is 9.78. The summed E-state index contributed by atoms with van der Waals surface area (Å²) in [6.45, 7) is 8.20. The molecule has 0 spiro atoms. The van der Waals surface area contributed by atoms with Gasteiger partial charge in [-0.3, -0.25) is 18.7 Å². The maximum absolute atomic E-state index is 14.0. The number of carbonyl (C=O) groups is 2. The molecule has 1 fully saturated rings. The number of ether oxygens (including phenoxy) is 3. The van der Waals surface area contributed by atoms with E-state index in [1.807, 2.05) is 0 Å². The van der Waals surface area contributed by atoms with Crippen LogP contribution in [0.4, 0.5) is 5.82 Å². The summed E-state index contributed by atoms with van der Waals surface area (Å²) in [5, 5.41) is 24.5. The van der Waals surface area contributed by atoms with E-state index in [-0.39, 0.29) is 11.6 Å². The number of hydrogen-bond acceptors (Lipinski definition) is 13. The van der Waals surface area contributed by atoms with Crippen LogP contribution in [0, 0.1) is 17.2 Å². The normalized spacial score (nSPS) is 25.5. The van der Waals surface area contributed by atoms with Crippen molar-refractivity contribution in [2.75, 3.05) is 12.3 Å². The first-order valence-corrected chi connectivity index (χ1v) is 14.9. The Morgan fingerprint density at radius 3 is 2.42 bits per heavy atom. The number of nitrogen functional groups attached to an aromatic ring is 1. The molecule has 16 heteroatoms. The summed E-state index contributed by atoms with van der Waals surface area (Å²) >= 11 is 0. The Balaban J connectivity index is 2.01. The lowest BCUT2D eigenvalue weighted by molar-refractivity contribution is -0.173. The number of carbonyl (C=O) groups excluding carboxylic acids is 2. The molecule has 1 aromatic carbocycles. The van der Waals surface area contributed by atoms with Crippen LogP contribution in [0.1, 0.15) is 41.5 Å². The lowest BCUT2D eigenvalue weighted by atomic mass is 9.88. The van der Waals surface area contributed by atoms with Crippen molar-refractivity contribution in [3.8, 4) is 11.8 Å². The number of anilines is 1. The minimum absolute atomic E-state index is 0.121. The molecule has 1 aromatic heterocycles. The minimum atomic E-state index is -4.44. The van der Waals surface area contributed by atoms with Crippen molar-refractivity contribution in [3.63, 3.8) is 0 Å². The SMILES string of the molecule is CC(C)OC(=O)[C@H](C)N[P@](=O)(OC[C@H]1O[C@@](C#N)(n2ccc(N)nc2=O)[C@](C)(O)[C@@H]1OC(=O)C(C)C)Oc1ccccc1. The summed E-state index contributed by atoms with van der Waals surface area (Å²) in [5.41, 5.74) is -0.313. The van der Waals surface area contributed by atoms with E-state index in [9.17, 15) is 29.3 Å². The van der Waals surface area contributed by atoms with Crippen LogP contribution >= 0.6 is 7.75 Å². The molecule has 1 aliphatic heterocycles. The fourth-order valence-corrected chi connectivity index (χ4v) is 5.69.